The van der Waals surface area contributed by atoms with E-state index in [9.17, 15) is 4.79 Å². The van der Waals surface area contributed by atoms with Gasteiger partial charge in [-0.25, -0.2) is 0 Å². The van der Waals surface area contributed by atoms with Gasteiger partial charge in [-0.2, -0.15) is 0 Å². The molecule has 3 heteroatoms. The Morgan fingerprint density at radius 1 is 1.27 bits per heavy atom. The average Bonchev–Trinajstić information content (AvgIpc) is 2.89. The maximum Gasteiger partial charge on any atom is 0.226 e. The maximum atomic E-state index is 12.7. The zero-order valence-corrected chi connectivity index (χ0v) is 13.4. The number of piperidine rings is 1. The van der Waals surface area contributed by atoms with E-state index >= 15 is 0 Å². The predicted octanol–water partition coefficient (Wildman–Crippen LogP) is 2.32. The molecule has 2 saturated heterocycles. The maximum absolute atomic E-state index is 12.7. The third-order valence-corrected chi connectivity index (χ3v) is 6.11. The largest absolute Gasteiger partial charge is 0.342 e. The fraction of sp³-hybridized carbons (Fsp3) is 0.632. The number of hydrogen-bond donors (Lipinski definition) is 1. The lowest BCUT2D eigenvalue weighted by atomic mass is 9.83. The summed E-state index contributed by atoms with van der Waals surface area (Å²) in [6.45, 7) is 6.40. The van der Waals surface area contributed by atoms with E-state index in [0.29, 0.717) is 29.1 Å². The van der Waals surface area contributed by atoms with Crippen LogP contribution in [-0.2, 0) is 11.2 Å². The minimum absolute atomic E-state index is 0.299. The van der Waals surface area contributed by atoms with Crippen LogP contribution in [0.15, 0.2) is 30.3 Å². The van der Waals surface area contributed by atoms with Gasteiger partial charge in [0.2, 0.25) is 5.91 Å². The molecule has 2 unspecified atom stereocenters. The van der Waals surface area contributed by atoms with Gasteiger partial charge < -0.3 is 10.2 Å². The van der Waals surface area contributed by atoms with Gasteiger partial charge in [0.1, 0.15) is 0 Å². The molecule has 2 aliphatic heterocycles. The van der Waals surface area contributed by atoms with Gasteiger partial charge in [0.25, 0.3) is 0 Å². The van der Waals surface area contributed by atoms with Crippen molar-refractivity contribution in [3.05, 3.63) is 35.9 Å². The third kappa shape index (κ3) is 2.56. The van der Waals surface area contributed by atoms with Crippen molar-refractivity contribution in [1.82, 2.24) is 10.2 Å². The molecule has 4 rings (SSSR count). The summed E-state index contributed by atoms with van der Waals surface area (Å²) in [7, 11) is 0. The van der Waals surface area contributed by atoms with Crippen molar-refractivity contribution in [3.8, 4) is 0 Å². The molecular formula is C19H26N2O. The molecular weight excluding hydrogens is 272 g/mol. The molecule has 1 N–H and O–H groups in total. The molecule has 118 valence electrons. The highest BCUT2D eigenvalue weighted by Crippen LogP contribution is 2.50. The Hall–Kier alpha value is -1.35. The minimum Gasteiger partial charge on any atom is -0.342 e. The number of nitrogens with one attached hydrogen (secondary N) is 1. The van der Waals surface area contributed by atoms with Crippen LogP contribution in [0.5, 0.6) is 0 Å². The van der Waals surface area contributed by atoms with Gasteiger partial charge in [-0.3, -0.25) is 4.79 Å². The first-order chi connectivity index (χ1) is 10.7. The number of hydrogen-bond acceptors (Lipinski definition) is 2. The summed E-state index contributed by atoms with van der Waals surface area (Å²) in [6, 6.07) is 10.7. The lowest BCUT2D eigenvalue weighted by Crippen LogP contribution is -2.34. The fourth-order valence-electron chi connectivity index (χ4n) is 4.50. The van der Waals surface area contributed by atoms with E-state index in [0.717, 1.165) is 39.0 Å². The van der Waals surface area contributed by atoms with Gasteiger partial charge in [-0.05, 0) is 55.2 Å². The Morgan fingerprint density at radius 3 is 2.73 bits per heavy atom. The second kappa shape index (κ2) is 5.38. The lowest BCUT2D eigenvalue weighted by molar-refractivity contribution is -0.132. The number of fused-ring (bicyclic) bond motifs is 1. The number of likely N-dealkylation sites (tertiary alicyclic amines) is 1. The number of benzene rings is 1. The van der Waals surface area contributed by atoms with Gasteiger partial charge in [-0.1, -0.05) is 37.3 Å². The van der Waals surface area contributed by atoms with Crippen LogP contribution in [0, 0.1) is 23.2 Å². The van der Waals surface area contributed by atoms with Crippen molar-refractivity contribution < 1.29 is 4.79 Å². The van der Waals surface area contributed by atoms with E-state index in [2.05, 4.69) is 47.5 Å². The summed E-state index contributed by atoms with van der Waals surface area (Å²) in [5, 5.41) is 3.38. The quantitative estimate of drug-likeness (QED) is 0.925. The molecule has 1 aromatic rings. The van der Waals surface area contributed by atoms with Gasteiger partial charge in [0.05, 0.1) is 0 Å². The van der Waals surface area contributed by atoms with Crippen molar-refractivity contribution in [2.75, 3.05) is 26.2 Å². The number of amides is 1. The molecule has 3 aliphatic rings. The van der Waals surface area contributed by atoms with Crippen LogP contribution < -0.4 is 5.32 Å². The normalized spacial score (nSPS) is 36.4. The summed E-state index contributed by atoms with van der Waals surface area (Å²) < 4.78 is 0. The number of carbonyl (C=O) groups excluding carboxylic acids is 1. The third-order valence-electron chi connectivity index (χ3n) is 6.11. The molecule has 22 heavy (non-hydrogen) atoms. The van der Waals surface area contributed by atoms with Crippen LogP contribution in [0.3, 0.4) is 0 Å². The molecule has 2 heterocycles. The monoisotopic (exact) mass is 298 g/mol. The summed E-state index contributed by atoms with van der Waals surface area (Å²) in [5.74, 6) is 2.07. The van der Waals surface area contributed by atoms with E-state index in [1.165, 1.54) is 12.0 Å². The second-order valence-electron chi connectivity index (χ2n) is 7.82. The van der Waals surface area contributed by atoms with Crippen molar-refractivity contribution in [3.63, 3.8) is 0 Å². The fourth-order valence-corrected chi connectivity index (χ4v) is 4.50. The minimum atomic E-state index is 0.299. The smallest absolute Gasteiger partial charge is 0.226 e. The molecule has 4 atom stereocenters. The molecule has 0 spiro atoms. The average molecular weight is 298 g/mol. The van der Waals surface area contributed by atoms with Gasteiger partial charge in [0, 0.05) is 19.0 Å². The van der Waals surface area contributed by atoms with Crippen molar-refractivity contribution >= 4 is 5.91 Å². The molecule has 0 radical (unpaired) electrons. The van der Waals surface area contributed by atoms with Gasteiger partial charge in [-0.15, -0.1) is 0 Å². The van der Waals surface area contributed by atoms with Crippen LogP contribution in [0.25, 0.3) is 0 Å². The number of aryl methyl sites for hydroxylation is 1. The SMILES string of the molecule is CC1(CCc2ccccc2)CCN(C(=O)C2[C@H]3CNC[C@@H]23)C1. The van der Waals surface area contributed by atoms with Crippen LogP contribution in [0.4, 0.5) is 0 Å². The summed E-state index contributed by atoms with van der Waals surface area (Å²) in [5.41, 5.74) is 1.71. The van der Waals surface area contributed by atoms with Crippen molar-refractivity contribution in [1.29, 1.82) is 0 Å². The summed E-state index contributed by atoms with van der Waals surface area (Å²) >= 11 is 0. The summed E-state index contributed by atoms with van der Waals surface area (Å²) in [4.78, 5) is 14.8. The number of carbonyl (C=O) groups is 1. The first kappa shape index (κ1) is 14.3. The van der Waals surface area contributed by atoms with Crippen LogP contribution in [0.1, 0.15) is 25.3 Å². The zero-order valence-electron chi connectivity index (χ0n) is 13.4. The van der Waals surface area contributed by atoms with Crippen LogP contribution in [0.2, 0.25) is 0 Å². The second-order valence-corrected chi connectivity index (χ2v) is 7.82. The predicted molar refractivity (Wildman–Crippen MR) is 87.4 cm³/mol. The Kier molecular flexibility index (Phi) is 3.48. The van der Waals surface area contributed by atoms with Crippen molar-refractivity contribution in [2.24, 2.45) is 23.2 Å². The molecule has 1 saturated carbocycles. The highest BCUT2D eigenvalue weighted by atomic mass is 16.2. The summed E-state index contributed by atoms with van der Waals surface area (Å²) in [6.07, 6.45) is 3.46. The Bertz CT molecular complexity index is 548. The highest BCUT2D eigenvalue weighted by Gasteiger charge is 2.58. The van der Waals surface area contributed by atoms with E-state index < -0.39 is 0 Å². The molecule has 1 amide bonds. The van der Waals surface area contributed by atoms with Crippen molar-refractivity contribution in [2.45, 2.75) is 26.2 Å². The van der Waals surface area contributed by atoms with E-state index in [1.54, 1.807) is 0 Å². The lowest BCUT2D eigenvalue weighted by Gasteiger charge is -2.25. The molecule has 0 aromatic heterocycles. The Labute approximate surface area is 133 Å². The van der Waals surface area contributed by atoms with E-state index in [1.807, 2.05) is 0 Å². The number of rotatable bonds is 4. The van der Waals surface area contributed by atoms with Crippen LogP contribution >= 0.6 is 0 Å². The molecule has 0 bridgehead atoms. The number of nitrogens with zero attached hydrogens (tertiary/aromatic N) is 1. The topological polar surface area (TPSA) is 32.3 Å². The molecule has 3 nitrogen and oxygen atoms in total. The molecule has 1 aliphatic carbocycles. The Morgan fingerprint density at radius 2 is 2.00 bits per heavy atom. The standard InChI is InChI=1S/C19H26N2O/c1-19(8-7-14-5-3-2-4-6-14)9-10-21(13-19)18(22)17-15-11-20-12-16(15)17/h2-6,15-17,20H,7-13H2,1H3/t15-,16+,17?,19?. The Balaban J connectivity index is 1.32. The van der Waals surface area contributed by atoms with E-state index in [-0.39, 0.29) is 0 Å². The van der Waals surface area contributed by atoms with Gasteiger partial charge in [0.15, 0.2) is 0 Å². The first-order valence-corrected chi connectivity index (χ1v) is 8.70. The first-order valence-electron chi connectivity index (χ1n) is 8.70. The molecule has 3 fully saturated rings. The molecule has 1 aromatic carbocycles. The van der Waals surface area contributed by atoms with Gasteiger partial charge >= 0.3 is 0 Å². The highest BCUT2D eigenvalue weighted by molar-refractivity contribution is 5.83. The van der Waals surface area contributed by atoms with E-state index in [4.69, 9.17) is 0 Å². The van der Waals surface area contributed by atoms with Crippen LogP contribution in [-0.4, -0.2) is 37.0 Å². The zero-order chi connectivity index (χ0) is 15.2.